The number of nitrogens with zero attached hydrogens (tertiary/aromatic N) is 4. The molecule has 0 radical (unpaired) electrons. The lowest BCUT2D eigenvalue weighted by molar-refractivity contribution is 0.0995. The van der Waals surface area contributed by atoms with Crippen LogP contribution in [0.15, 0.2) is 48.7 Å². The molecule has 0 amide bonds. The smallest absolute Gasteiger partial charge is 0.195 e. The number of fused-ring (bicyclic) bond motifs is 1. The highest BCUT2D eigenvalue weighted by atomic mass is 16.1. The zero-order valence-corrected chi connectivity index (χ0v) is 15.1. The number of carbonyl (C=O) groups is 1. The molecule has 3 heterocycles. The molecule has 0 bridgehead atoms. The Hall–Kier alpha value is -2.53. The minimum atomic E-state index is -0.0000453. The van der Waals surface area contributed by atoms with Crippen LogP contribution in [0.25, 0.3) is 11.2 Å². The largest absolute Gasteiger partial charge is 0.306 e. The van der Waals surface area contributed by atoms with E-state index >= 15 is 0 Å². The molecule has 1 aliphatic heterocycles. The molecule has 1 fully saturated rings. The molecular formula is C21H24N4O. The first-order chi connectivity index (χ1) is 12.7. The van der Waals surface area contributed by atoms with Crippen LogP contribution in [-0.4, -0.2) is 38.3 Å². The number of piperidine rings is 1. The second-order valence-electron chi connectivity index (χ2n) is 7.18. The minimum absolute atomic E-state index is 0.0000453. The maximum Gasteiger partial charge on any atom is 0.195 e. The number of aromatic nitrogens is 3. The summed E-state index contributed by atoms with van der Waals surface area (Å²) >= 11 is 0. The summed E-state index contributed by atoms with van der Waals surface area (Å²) in [5.41, 5.74) is 2.97. The standard InChI is InChI=1S/C21H24N4O/c1-16(26)20-23-19-10-5-11-22-21(19)25(20)15-18-9-6-12-24(14-18)13-17-7-3-2-4-8-17/h2-5,7-8,10-11,18H,6,9,12-15H2,1H3/t18-/m1/s1. The van der Waals surface area contributed by atoms with Crippen LogP contribution in [0.1, 0.15) is 35.9 Å². The van der Waals surface area contributed by atoms with Gasteiger partial charge in [0, 0.05) is 32.8 Å². The van der Waals surface area contributed by atoms with E-state index in [0.717, 1.165) is 37.3 Å². The fraction of sp³-hybridized carbons (Fsp3) is 0.381. The van der Waals surface area contributed by atoms with Gasteiger partial charge in [-0.15, -0.1) is 0 Å². The van der Waals surface area contributed by atoms with E-state index in [1.54, 1.807) is 13.1 Å². The number of hydrogen-bond acceptors (Lipinski definition) is 4. The lowest BCUT2D eigenvalue weighted by atomic mass is 9.97. The number of ketones is 1. The Morgan fingerprint density at radius 3 is 2.85 bits per heavy atom. The van der Waals surface area contributed by atoms with E-state index < -0.39 is 0 Å². The van der Waals surface area contributed by atoms with Crippen LogP contribution < -0.4 is 0 Å². The van der Waals surface area contributed by atoms with E-state index in [2.05, 4.69) is 45.2 Å². The lowest BCUT2D eigenvalue weighted by Gasteiger charge is -2.33. The van der Waals surface area contributed by atoms with Crippen molar-refractivity contribution in [2.75, 3.05) is 13.1 Å². The number of Topliss-reactive ketones (excluding diaryl/α,β-unsaturated/α-hetero) is 1. The van der Waals surface area contributed by atoms with Gasteiger partial charge in [0.05, 0.1) is 0 Å². The topological polar surface area (TPSA) is 51.0 Å². The monoisotopic (exact) mass is 348 g/mol. The molecule has 134 valence electrons. The number of carbonyl (C=O) groups excluding carboxylic acids is 1. The third kappa shape index (κ3) is 3.53. The van der Waals surface area contributed by atoms with Gasteiger partial charge in [-0.2, -0.15) is 0 Å². The summed E-state index contributed by atoms with van der Waals surface area (Å²) in [5.74, 6) is 1.03. The maximum absolute atomic E-state index is 12.1. The zero-order chi connectivity index (χ0) is 17.9. The van der Waals surface area contributed by atoms with E-state index in [9.17, 15) is 4.79 Å². The van der Waals surface area contributed by atoms with Gasteiger partial charge in [0.25, 0.3) is 0 Å². The van der Waals surface area contributed by atoms with Crippen molar-refractivity contribution in [1.29, 1.82) is 0 Å². The molecule has 0 unspecified atom stereocenters. The number of hydrogen-bond donors (Lipinski definition) is 0. The molecule has 0 aliphatic carbocycles. The van der Waals surface area contributed by atoms with Crippen LogP contribution in [0, 0.1) is 5.92 Å². The quantitative estimate of drug-likeness (QED) is 0.662. The van der Waals surface area contributed by atoms with E-state index in [0.29, 0.717) is 11.7 Å². The fourth-order valence-electron chi connectivity index (χ4n) is 3.94. The summed E-state index contributed by atoms with van der Waals surface area (Å²) in [6.07, 6.45) is 4.13. The Kier molecular flexibility index (Phi) is 4.80. The molecule has 26 heavy (non-hydrogen) atoms. The van der Waals surface area contributed by atoms with Crippen molar-refractivity contribution >= 4 is 16.9 Å². The van der Waals surface area contributed by atoms with Crippen LogP contribution in [0.3, 0.4) is 0 Å². The molecule has 1 atom stereocenters. The van der Waals surface area contributed by atoms with Crippen molar-refractivity contribution in [3.05, 3.63) is 60.0 Å². The molecular weight excluding hydrogens is 324 g/mol. The number of imidazole rings is 1. The molecule has 0 N–H and O–H groups in total. The maximum atomic E-state index is 12.1. The van der Waals surface area contributed by atoms with Crippen LogP contribution in [-0.2, 0) is 13.1 Å². The van der Waals surface area contributed by atoms with Crippen LogP contribution in [0.5, 0.6) is 0 Å². The van der Waals surface area contributed by atoms with Gasteiger partial charge in [0.15, 0.2) is 17.3 Å². The molecule has 5 heteroatoms. The third-order valence-corrected chi connectivity index (χ3v) is 5.11. The first-order valence-electron chi connectivity index (χ1n) is 9.29. The summed E-state index contributed by atoms with van der Waals surface area (Å²) in [4.78, 5) is 23.6. The Balaban J connectivity index is 1.53. The van der Waals surface area contributed by atoms with Crippen molar-refractivity contribution in [2.45, 2.75) is 32.9 Å². The molecule has 1 aliphatic rings. The normalized spacial score (nSPS) is 18.3. The predicted molar refractivity (Wildman–Crippen MR) is 102 cm³/mol. The van der Waals surface area contributed by atoms with E-state index in [4.69, 9.17) is 0 Å². The number of likely N-dealkylation sites (tertiary alicyclic amines) is 1. The molecule has 0 spiro atoms. The van der Waals surface area contributed by atoms with Crippen molar-refractivity contribution in [3.63, 3.8) is 0 Å². The first kappa shape index (κ1) is 16.9. The van der Waals surface area contributed by atoms with Crippen LogP contribution in [0.2, 0.25) is 0 Å². The van der Waals surface area contributed by atoms with Gasteiger partial charge in [0.1, 0.15) is 5.52 Å². The Morgan fingerprint density at radius 2 is 2.04 bits per heavy atom. The SMILES string of the molecule is CC(=O)c1nc2cccnc2n1C[C@@H]1CCCN(Cc2ccccc2)C1. The molecule has 2 aromatic heterocycles. The zero-order valence-electron chi connectivity index (χ0n) is 15.1. The molecule has 1 saturated heterocycles. The number of rotatable bonds is 5. The van der Waals surface area contributed by atoms with Gasteiger partial charge in [-0.05, 0) is 43.0 Å². The predicted octanol–water partition coefficient (Wildman–Crippen LogP) is 3.55. The van der Waals surface area contributed by atoms with Gasteiger partial charge >= 0.3 is 0 Å². The van der Waals surface area contributed by atoms with Gasteiger partial charge in [-0.1, -0.05) is 30.3 Å². The van der Waals surface area contributed by atoms with Gasteiger partial charge in [0.2, 0.25) is 0 Å². The van der Waals surface area contributed by atoms with Crippen LogP contribution >= 0.6 is 0 Å². The van der Waals surface area contributed by atoms with Gasteiger partial charge in [-0.3, -0.25) is 9.69 Å². The van der Waals surface area contributed by atoms with E-state index in [-0.39, 0.29) is 5.78 Å². The minimum Gasteiger partial charge on any atom is -0.306 e. The van der Waals surface area contributed by atoms with Crippen molar-refractivity contribution in [1.82, 2.24) is 19.4 Å². The van der Waals surface area contributed by atoms with Gasteiger partial charge in [-0.25, -0.2) is 9.97 Å². The fourth-order valence-corrected chi connectivity index (χ4v) is 3.94. The highest BCUT2D eigenvalue weighted by Crippen LogP contribution is 2.23. The second kappa shape index (κ2) is 7.38. The van der Waals surface area contributed by atoms with E-state index in [1.165, 1.54) is 18.4 Å². The third-order valence-electron chi connectivity index (χ3n) is 5.11. The molecule has 3 aromatic rings. The lowest BCUT2D eigenvalue weighted by Crippen LogP contribution is -2.36. The van der Waals surface area contributed by atoms with Crippen LogP contribution in [0.4, 0.5) is 0 Å². The summed E-state index contributed by atoms with van der Waals surface area (Å²) in [6.45, 7) is 5.54. The Morgan fingerprint density at radius 1 is 1.19 bits per heavy atom. The molecule has 0 saturated carbocycles. The Labute approximate surface area is 153 Å². The summed E-state index contributed by atoms with van der Waals surface area (Å²) in [5, 5.41) is 0. The average molecular weight is 348 g/mol. The highest BCUT2D eigenvalue weighted by molar-refractivity contribution is 5.94. The molecule has 5 nitrogen and oxygen atoms in total. The van der Waals surface area contributed by atoms with Crippen molar-refractivity contribution in [2.24, 2.45) is 5.92 Å². The number of pyridine rings is 1. The number of benzene rings is 1. The summed E-state index contributed by atoms with van der Waals surface area (Å²) < 4.78 is 2.02. The van der Waals surface area contributed by atoms with Gasteiger partial charge < -0.3 is 4.57 Å². The average Bonchev–Trinajstić information content (AvgIpc) is 3.02. The summed E-state index contributed by atoms with van der Waals surface area (Å²) in [6, 6.07) is 14.4. The summed E-state index contributed by atoms with van der Waals surface area (Å²) in [7, 11) is 0. The molecule has 4 rings (SSSR count). The Bertz CT molecular complexity index is 903. The van der Waals surface area contributed by atoms with E-state index in [1.807, 2.05) is 16.7 Å². The second-order valence-corrected chi connectivity index (χ2v) is 7.18. The van der Waals surface area contributed by atoms with Crippen molar-refractivity contribution in [3.8, 4) is 0 Å². The highest BCUT2D eigenvalue weighted by Gasteiger charge is 2.23. The first-order valence-corrected chi connectivity index (χ1v) is 9.29. The van der Waals surface area contributed by atoms with Crippen molar-refractivity contribution < 1.29 is 4.79 Å². The molecule has 1 aromatic carbocycles.